The lowest BCUT2D eigenvalue weighted by molar-refractivity contribution is -0.142. The highest BCUT2D eigenvalue weighted by Gasteiger charge is 2.22. The summed E-state index contributed by atoms with van der Waals surface area (Å²) in [6.45, 7) is 1.93. The lowest BCUT2D eigenvalue weighted by atomic mass is 9.97. The zero-order valence-corrected chi connectivity index (χ0v) is 13.7. The number of carboxylic acid groups (broad SMARTS) is 1. The second-order valence-electron chi connectivity index (χ2n) is 5.63. The number of rotatable bonds is 7. The van der Waals surface area contributed by atoms with Crippen molar-refractivity contribution in [3.05, 3.63) is 65.7 Å². The summed E-state index contributed by atoms with van der Waals surface area (Å²) >= 11 is 0. The summed E-state index contributed by atoms with van der Waals surface area (Å²) in [5.74, 6) is -0.646. The first kappa shape index (κ1) is 17.5. The summed E-state index contributed by atoms with van der Waals surface area (Å²) in [4.78, 5) is 23.7. The standard InChI is InChI=1S/C19H21NO4/c1-13(14-8-10-16(24-2)11-9-14)12-17(21)20-18(19(22)23)15-6-4-3-5-7-15/h3-11,13,18H,12H2,1-2H3,(H,20,21)(H,22,23). The Hall–Kier alpha value is -2.82. The molecule has 0 saturated carbocycles. The van der Waals surface area contributed by atoms with E-state index in [9.17, 15) is 14.7 Å². The van der Waals surface area contributed by atoms with Crippen LogP contribution in [-0.4, -0.2) is 24.1 Å². The van der Waals surface area contributed by atoms with Crippen LogP contribution < -0.4 is 10.1 Å². The maximum atomic E-state index is 12.2. The molecule has 2 aromatic carbocycles. The first-order valence-electron chi connectivity index (χ1n) is 7.72. The van der Waals surface area contributed by atoms with Crippen LogP contribution in [0.2, 0.25) is 0 Å². The average molecular weight is 327 g/mol. The molecule has 0 heterocycles. The lowest BCUT2D eigenvalue weighted by Gasteiger charge is -2.17. The molecular formula is C19H21NO4. The molecule has 24 heavy (non-hydrogen) atoms. The van der Waals surface area contributed by atoms with Crippen LogP contribution in [0.15, 0.2) is 54.6 Å². The molecule has 0 bridgehead atoms. The zero-order chi connectivity index (χ0) is 17.5. The third-order valence-corrected chi connectivity index (χ3v) is 3.86. The Morgan fingerprint density at radius 2 is 1.67 bits per heavy atom. The summed E-state index contributed by atoms with van der Waals surface area (Å²) in [5.41, 5.74) is 1.55. The van der Waals surface area contributed by atoms with E-state index in [1.807, 2.05) is 31.2 Å². The summed E-state index contributed by atoms with van der Waals surface area (Å²) in [6.07, 6.45) is 0.211. The van der Waals surface area contributed by atoms with Crippen LogP contribution >= 0.6 is 0 Å². The number of aliphatic carboxylic acids is 1. The number of hydrogen-bond donors (Lipinski definition) is 2. The van der Waals surface area contributed by atoms with Crippen molar-refractivity contribution in [2.45, 2.75) is 25.3 Å². The minimum atomic E-state index is -1.08. The van der Waals surface area contributed by atoms with Crippen molar-refractivity contribution in [1.29, 1.82) is 0 Å². The molecule has 0 fully saturated rings. The van der Waals surface area contributed by atoms with E-state index in [2.05, 4.69) is 5.32 Å². The molecule has 0 saturated heterocycles. The van der Waals surface area contributed by atoms with Gasteiger partial charge in [0, 0.05) is 6.42 Å². The third kappa shape index (κ3) is 4.59. The second-order valence-corrected chi connectivity index (χ2v) is 5.63. The van der Waals surface area contributed by atoms with Crippen molar-refractivity contribution in [3.8, 4) is 5.75 Å². The van der Waals surface area contributed by atoms with E-state index in [4.69, 9.17) is 4.74 Å². The van der Waals surface area contributed by atoms with Gasteiger partial charge in [-0.3, -0.25) is 4.79 Å². The molecule has 126 valence electrons. The first-order chi connectivity index (χ1) is 11.5. The molecule has 1 amide bonds. The lowest BCUT2D eigenvalue weighted by Crippen LogP contribution is -2.34. The average Bonchev–Trinajstić information content (AvgIpc) is 2.60. The predicted molar refractivity (Wildman–Crippen MR) is 91.0 cm³/mol. The highest BCUT2D eigenvalue weighted by molar-refractivity contribution is 5.84. The fourth-order valence-corrected chi connectivity index (χ4v) is 2.48. The van der Waals surface area contributed by atoms with E-state index >= 15 is 0 Å². The molecule has 0 radical (unpaired) electrons. The molecule has 2 rings (SSSR count). The number of amides is 1. The largest absolute Gasteiger partial charge is 0.497 e. The molecule has 2 N–H and O–H groups in total. The van der Waals surface area contributed by atoms with Crippen molar-refractivity contribution in [1.82, 2.24) is 5.32 Å². The molecule has 0 aliphatic heterocycles. The normalized spacial score (nSPS) is 12.9. The second kappa shape index (κ2) is 8.15. The Morgan fingerprint density at radius 3 is 2.21 bits per heavy atom. The van der Waals surface area contributed by atoms with E-state index in [-0.39, 0.29) is 18.2 Å². The number of carbonyl (C=O) groups is 2. The SMILES string of the molecule is COc1ccc(C(C)CC(=O)NC(C(=O)O)c2ccccc2)cc1. The van der Waals surface area contributed by atoms with Gasteiger partial charge in [0.05, 0.1) is 7.11 Å². The highest BCUT2D eigenvalue weighted by atomic mass is 16.5. The van der Waals surface area contributed by atoms with Gasteiger partial charge in [0.1, 0.15) is 5.75 Å². The van der Waals surface area contributed by atoms with Gasteiger partial charge in [-0.25, -0.2) is 4.79 Å². The molecule has 0 aliphatic rings. The maximum Gasteiger partial charge on any atom is 0.330 e. The highest BCUT2D eigenvalue weighted by Crippen LogP contribution is 2.22. The number of benzene rings is 2. The molecule has 5 nitrogen and oxygen atoms in total. The van der Waals surface area contributed by atoms with Gasteiger partial charge in [-0.2, -0.15) is 0 Å². The van der Waals surface area contributed by atoms with E-state index in [0.717, 1.165) is 11.3 Å². The van der Waals surface area contributed by atoms with Crippen LogP contribution in [0.3, 0.4) is 0 Å². The van der Waals surface area contributed by atoms with Gasteiger partial charge in [0.2, 0.25) is 5.91 Å². The van der Waals surface area contributed by atoms with Gasteiger partial charge in [-0.15, -0.1) is 0 Å². The minimum absolute atomic E-state index is 0.0267. The Morgan fingerprint density at radius 1 is 1.04 bits per heavy atom. The first-order valence-corrected chi connectivity index (χ1v) is 7.72. The summed E-state index contributed by atoms with van der Waals surface area (Å²) < 4.78 is 5.11. The van der Waals surface area contributed by atoms with Crippen molar-refractivity contribution in [2.75, 3.05) is 7.11 Å². The molecule has 2 aromatic rings. The Labute approximate surface area is 141 Å². The van der Waals surface area contributed by atoms with E-state index in [1.165, 1.54) is 0 Å². The van der Waals surface area contributed by atoms with Gasteiger partial charge >= 0.3 is 5.97 Å². The van der Waals surface area contributed by atoms with Crippen molar-refractivity contribution < 1.29 is 19.4 Å². The molecule has 5 heteroatoms. The monoisotopic (exact) mass is 327 g/mol. The molecule has 0 aromatic heterocycles. The smallest absolute Gasteiger partial charge is 0.330 e. The quantitative estimate of drug-likeness (QED) is 0.819. The van der Waals surface area contributed by atoms with Crippen LogP contribution in [0.25, 0.3) is 0 Å². The van der Waals surface area contributed by atoms with Crippen molar-refractivity contribution in [2.24, 2.45) is 0 Å². The Balaban J connectivity index is 2.01. The predicted octanol–water partition coefficient (Wildman–Crippen LogP) is 3.13. The van der Waals surface area contributed by atoms with Gasteiger partial charge < -0.3 is 15.2 Å². The number of hydrogen-bond acceptors (Lipinski definition) is 3. The number of carbonyl (C=O) groups excluding carboxylic acids is 1. The Bertz CT molecular complexity index is 682. The fourth-order valence-electron chi connectivity index (χ4n) is 2.48. The van der Waals surface area contributed by atoms with E-state index < -0.39 is 12.0 Å². The minimum Gasteiger partial charge on any atom is -0.497 e. The number of methoxy groups -OCH3 is 1. The topological polar surface area (TPSA) is 75.6 Å². The van der Waals surface area contributed by atoms with Gasteiger partial charge in [-0.05, 0) is 29.2 Å². The fraction of sp³-hybridized carbons (Fsp3) is 0.263. The van der Waals surface area contributed by atoms with Crippen LogP contribution in [0.5, 0.6) is 5.75 Å². The zero-order valence-electron chi connectivity index (χ0n) is 13.7. The van der Waals surface area contributed by atoms with Crippen molar-refractivity contribution >= 4 is 11.9 Å². The summed E-state index contributed by atoms with van der Waals surface area (Å²) in [5, 5.41) is 11.9. The molecule has 0 spiro atoms. The van der Waals surface area contributed by atoms with Crippen LogP contribution in [0.1, 0.15) is 36.4 Å². The maximum absolute atomic E-state index is 12.2. The molecular weight excluding hydrogens is 306 g/mol. The van der Waals surface area contributed by atoms with Crippen LogP contribution in [0.4, 0.5) is 0 Å². The number of ether oxygens (including phenoxy) is 1. The van der Waals surface area contributed by atoms with Crippen molar-refractivity contribution in [3.63, 3.8) is 0 Å². The number of nitrogens with one attached hydrogen (secondary N) is 1. The summed E-state index contributed by atoms with van der Waals surface area (Å²) in [7, 11) is 1.60. The molecule has 0 aliphatic carbocycles. The van der Waals surface area contributed by atoms with E-state index in [1.54, 1.807) is 37.4 Å². The Kier molecular flexibility index (Phi) is 5.95. The molecule has 2 unspecified atom stereocenters. The van der Waals surface area contributed by atoms with Crippen LogP contribution in [0, 0.1) is 0 Å². The van der Waals surface area contributed by atoms with Crippen LogP contribution in [-0.2, 0) is 9.59 Å². The summed E-state index contributed by atoms with van der Waals surface area (Å²) in [6, 6.07) is 15.1. The van der Waals surface area contributed by atoms with Gasteiger partial charge in [0.15, 0.2) is 6.04 Å². The van der Waals surface area contributed by atoms with E-state index in [0.29, 0.717) is 5.56 Å². The number of carboxylic acids is 1. The molecule has 2 atom stereocenters. The van der Waals surface area contributed by atoms with Gasteiger partial charge in [-0.1, -0.05) is 49.4 Å². The van der Waals surface area contributed by atoms with Gasteiger partial charge in [0.25, 0.3) is 0 Å². The third-order valence-electron chi connectivity index (χ3n) is 3.86.